The number of rotatable bonds is 23. The molecule has 0 aromatic heterocycles. The lowest BCUT2D eigenvalue weighted by atomic mass is 10.1. The normalized spacial score (nSPS) is 13.1. The molecule has 0 radical (unpaired) electrons. The Morgan fingerprint density at radius 1 is 0.324 bits per heavy atom. The van der Waals surface area contributed by atoms with Gasteiger partial charge in [0.25, 0.3) is 0 Å². The average Bonchev–Trinajstić information content (AvgIpc) is 3.18. The Morgan fingerprint density at radius 3 is 0.691 bits per heavy atom. The second-order valence-corrected chi connectivity index (χ2v) is 25.7. The van der Waals surface area contributed by atoms with Gasteiger partial charge in [0.2, 0.25) is 40.1 Å². The fourth-order valence-electron chi connectivity index (χ4n) is 9.57. The number of sulfonamides is 4. The number of unbranched alkanes of at least 4 members (excludes halogenated alkanes) is 1. The van der Waals surface area contributed by atoms with E-state index in [0.717, 1.165) is 22.3 Å². The Hall–Kier alpha value is -4.00. The van der Waals surface area contributed by atoms with E-state index in [1.54, 1.807) is 93.5 Å². The van der Waals surface area contributed by atoms with E-state index in [1.165, 1.54) is 17.2 Å². The van der Waals surface area contributed by atoms with Gasteiger partial charge in [-0.25, -0.2) is 33.7 Å². The zero-order chi connectivity index (χ0) is 51.1. The summed E-state index contributed by atoms with van der Waals surface area (Å²) < 4.78 is 119. The molecule has 4 rings (SSSR count). The second kappa shape index (κ2) is 23.3. The summed E-state index contributed by atoms with van der Waals surface area (Å²) >= 11 is 0. The van der Waals surface area contributed by atoms with Crippen molar-refractivity contribution in [1.82, 2.24) is 17.2 Å². The van der Waals surface area contributed by atoms with Crippen molar-refractivity contribution in [2.24, 2.45) is 0 Å². The van der Waals surface area contributed by atoms with E-state index < -0.39 is 40.1 Å². The highest BCUT2D eigenvalue weighted by atomic mass is 32.2. The third-order valence-electron chi connectivity index (χ3n) is 12.2. The smallest absolute Gasteiger partial charge is 0.207 e. The van der Waals surface area contributed by atoms with Gasteiger partial charge in [0.05, 0.1) is 19.6 Å². The predicted octanol–water partition coefficient (Wildman–Crippen LogP) is 9.38. The summed E-state index contributed by atoms with van der Waals surface area (Å²) in [5.41, 5.74) is 8.88. The van der Waals surface area contributed by atoms with Crippen LogP contribution in [0.15, 0.2) is 92.4 Å². The van der Waals surface area contributed by atoms with Gasteiger partial charge in [0.15, 0.2) is 0 Å². The topological polar surface area (TPSA) is 150 Å². The number of benzene rings is 4. The van der Waals surface area contributed by atoms with Crippen LogP contribution in [0.3, 0.4) is 0 Å². The monoisotopic (exact) mass is 1010 g/mol. The zero-order valence-electron chi connectivity index (χ0n) is 42.7. The fraction of sp³-hybridized carbons (Fsp3) is 0.462. The van der Waals surface area contributed by atoms with Gasteiger partial charge in [0.1, 0.15) is 0 Å². The molecule has 0 heterocycles. The van der Waals surface area contributed by atoms with Crippen molar-refractivity contribution in [3.8, 4) is 0 Å². The van der Waals surface area contributed by atoms with E-state index in [-0.39, 0.29) is 71.9 Å². The maximum atomic E-state index is 14.6. The maximum Gasteiger partial charge on any atom is 0.243 e. The van der Waals surface area contributed by atoms with E-state index in [4.69, 9.17) is 0 Å². The summed E-state index contributed by atoms with van der Waals surface area (Å²) in [5.74, 6) is 0. The molecule has 16 heteroatoms. The van der Waals surface area contributed by atoms with E-state index in [0.29, 0.717) is 57.3 Å². The SMILES string of the molecule is CCN(C/C=C\CN(CCCCN(C/C=C\CN(CC)S(=O)(=O)c1c(C)cc(C)cc1C)S(=O)(=O)c1c(C)cc(C)cc1C)S(=O)(=O)c1c(C)cc(C)cc1C)S(=O)(=O)c1c(C)cc(C)cc1C. The highest BCUT2D eigenvalue weighted by Gasteiger charge is 2.31. The predicted molar refractivity (Wildman–Crippen MR) is 277 cm³/mol. The van der Waals surface area contributed by atoms with Crippen LogP contribution in [-0.2, 0) is 40.1 Å². The molecule has 0 aliphatic rings. The lowest BCUT2D eigenvalue weighted by Gasteiger charge is -2.26. The van der Waals surface area contributed by atoms with Gasteiger partial charge >= 0.3 is 0 Å². The number of hydrogen-bond donors (Lipinski definition) is 0. The summed E-state index contributed by atoms with van der Waals surface area (Å²) in [4.78, 5) is 0.947. The highest BCUT2D eigenvalue weighted by molar-refractivity contribution is 7.90. The van der Waals surface area contributed by atoms with Gasteiger partial charge in [-0.05, 0) is 140 Å². The van der Waals surface area contributed by atoms with Crippen molar-refractivity contribution in [3.05, 3.63) is 140 Å². The van der Waals surface area contributed by atoms with Crippen molar-refractivity contribution in [2.75, 3.05) is 52.4 Å². The molecule has 0 spiro atoms. The van der Waals surface area contributed by atoms with Crippen LogP contribution in [0.1, 0.15) is 93.5 Å². The molecule has 0 saturated heterocycles. The molecule has 0 bridgehead atoms. The maximum absolute atomic E-state index is 14.6. The van der Waals surface area contributed by atoms with Gasteiger partial charge in [-0.2, -0.15) is 17.2 Å². The second-order valence-electron chi connectivity index (χ2n) is 18.2. The van der Waals surface area contributed by atoms with Crippen LogP contribution in [0, 0.1) is 83.1 Å². The van der Waals surface area contributed by atoms with Crippen molar-refractivity contribution < 1.29 is 33.7 Å². The van der Waals surface area contributed by atoms with E-state index in [9.17, 15) is 33.7 Å². The summed E-state index contributed by atoms with van der Waals surface area (Å²) in [6, 6.07) is 14.7. The first-order chi connectivity index (χ1) is 31.6. The molecule has 68 heavy (non-hydrogen) atoms. The van der Waals surface area contributed by atoms with Gasteiger partial charge in [-0.15, -0.1) is 0 Å². The Bertz CT molecular complexity index is 2700. The molecule has 4 aromatic carbocycles. The minimum Gasteiger partial charge on any atom is -0.207 e. The third-order valence-corrected chi connectivity index (χ3v) is 21.0. The molecule has 0 amide bonds. The van der Waals surface area contributed by atoms with Gasteiger partial charge in [-0.1, -0.05) is 109 Å². The summed E-state index contributed by atoms with van der Waals surface area (Å²) in [7, 11) is -15.9. The molecule has 0 N–H and O–H groups in total. The standard InChI is InChI=1S/C52H74N4O8S4/c1-15-53(65(57,58)49-41(7)29-37(3)30-42(49)8)23-17-19-25-55(67(61,62)51-45(11)33-39(5)34-46(51)12)27-21-22-28-56(68(63,64)52-47(13)35-40(6)36-48(52)14)26-20-18-24-54(16-2)66(59,60)50-43(9)31-38(4)32-44(50)10/h17-20,29-36H,15-16,21-28H2,1-14H3/b19-17-,20-18-. The van der Waals surface area contributed by atoms with Crippen LogP contribution >= 0.6 is 0 Å². The van der Waals surface area contributed by atoms with E-state index in [2.05, 4.69) is 0 Å². The number of nitrogens with zero attached hydrogens (tertiary/aromatic N) is 4. The Morgan fingerprint density at radius 2 is 0.500 bits per heavy atom. The van der Waals surface area contributed by atoms with Crippen molar-refractivity contribution in [1.29, 1.82) is 0 Å². The summed E-state index contributed by atoms with van der Waals surface area (Å²) in [6.07, 6.45) is 7.31. The Balaban J connectivity index is 1.62. The van der Waals surface area contributed by atoms with Crippen LogP contribution in [0.5, 0.6) is 0 Å². The van der Waals surface area contributed by atoms with Crippen LogP contribution < -0.4 is 0 Å². The molecule has 0 aliphatic heterocycles. The van der Waals surface area contributed by atoms with E-state index >= 15 is 0 Å². The van der Waals surface area contributed by atoms with Crippen molar-refractivity contribution in [2.45, 2.75) is 129 Å². The minimum atomic E-state index is -4.07. The molecule has 0 aliphatic carbocycles. The number of likely N-dealkylation sites (N-methyl/N-ethyl adjacent to an activating group) is 2. The van der Waals surface area contributed by atoms with Crippen LogP contribution in [0.4, 0.5) is 0 Å². The van der Waals surface area contributed by atoms with Crippen LogP contribution in [0.25, 0.3) is 0 Å². The van der Waals surface area contributed by atoms with Crippen LogP contribution in [-0.4, -0.2) is 103 Å². The molecule has 12 nitrogen and oxygen atoms in total. The van der Waals surface area contributed by atoms with Gasteiger partial charge < -0.3 is 0 Å². The summed E-state index contributed by atoms with van der Waals surface area (Å²) in [6.45, 7) is 26.0. The quantitative estimate of drug-likeness (QED) is 0.0527. The fourth-order valence-corrected chi connectivity index (χ4v) is 16.9. The molecular weight excluding hydrogens is 937 g/mol. The Labute approximate surface area is 410 Å². The molecule has 0 fully saturated rings. The lowest BCUT2D eigenvalue weighted by Crippen LogP contribution is -2.36. The molecule has 0 saturated carbocycles. The Kier molecular flexibility index (Phi) is 19.4. The molecule has 0 unspecified atom stereocenters. The molecule has 0 atom stereocenters. The average molecular weight is 1010 g/mol. The molecular formula is C52H74N4O8S4. The van der Waals surface area contributed by atoms with E-state index in [1.807, 2.05) is 76.2 Å². The zero-order valence-corrected chi connectivity index (χ0v) is 46.0. The third kappa shape index (κ3) is 13.0. The number of aryl methyl sites for hydroxylation is 12. The van der Waals surface area contributed by atoms with Gasteiger partial charge in [-0.3, -0.25) is 0 Å². The minimum absolute atomic E-state index is 0.0351. The highest BCUT2D eigenvalue weighted by Crippen LogP contribution is 2.30. The first-order valence-electron chi connectivity index (χ1n) is 23.2. The van der Waals surface area contributed by atoms with Crippen molar-refractivity contribution in [3.63, 3.8) is 0 Å². The molecule has 4 aromatic rings. The first kappa shape index (κ1) is 56.6. The van der Waals surface area contributed by atoms with Crippen LogP contribution in [0.2, 0.25) is 0 Å². The van der Waals surface area contributed by atoms with Gasteiger partial charge in [0, 0.05) is 52.4 Å². The molecule has 374 valence electrons. The summed E-state index contributed by atoms with van der Waals surface area (Å²) in [5, 5.41) is 0. The number of hydrogen-bond acceptors (Lipinski definition) is 8. The van der Waals surface area contributed by atoms with Crippen molar-refractivity contribution >= 4 is 40.1 Å². The first-order valence-corrected chi connectivity index (χ1v) is 29.0. The largest absolute Gasteiger partial charge is 0.243 e. The lowest BCUT2D eigenvalue weighted by molar-refractivity contribution is 0.394.